The standard InChI is InChI=1S/C23H25N3O4/c1-14(2)29-19-10-7-16(11-20(19)28-4)22-24-23(30-25-22)17-12-21(27)26(13-17)18-8-5-15(3)6-9-18/h5-11,14,17H,12-13H2,1-4H3. The first-order valence-corrected chi connectivity index (χ1v) is 10.0. The summed E-state index contributed by atoms with van der Waals surface area (Å²) in [7, 11) is 1.59. The zero-order chi connectivity index (χ0) is 21.3. The Hall–Kier alpha value is -3.35. The largest absolute Gasteiger partial charge is 0.493 e. The van der Waals surface area contributed by atoms with E-state index in [4.69, 9.17) is 14.0 Å². The molecule has 0 saturated carbocycles. The summed E-state index contributed by atoms with van der Waals surface area (Å²) in [5.74, 6) is 2.12. The third-order valence-electron chi connectivity index (χ3n) is 5.05. The lowest BCUT2D eigenvalue weighted by Crippen LogP contribution is -2.24. The normalized spacial score (nSPS) is 16.4. The quantitative estimate of drug-likeness (QED) is 0.604. The SMILES string of the molecule is COc1cc(-c2noc(C3CC(=O)N(c4ccc(C)cc4)C3)n2)ccc1OC(C)C. The number of amides is 1. The van der Waals surface area contributed by atoms with Crippen LogP contribution in [0.1, 0.15) is 37.6 Å². The second-order valence-corrected chi connectivity index (χ2v) is 7.73. The molecule has 4 rings (SSSR count). The summed E-state index contributed by atoms with van der Waals surface area (Å²) in [5.41, 5.74) is 2.81. The van der Waals surface area contributed by atoms with Crippen molar-refractivity contribution in [1.82, 2.24) is 10.1 Å². The third-order valence-corrected chi connectivity index (χ3v) is 5.05. The fraction of sp³-hybridized carbons (Fsp3) is 0.348. The molecule has 1 atom stereocenters. The van der Waals surface area contributed by atoms with Crippen molar-refractivity contribution >= 4 is 11.6 Å². The molecule has 7 nitrogen and oxygen atoms in total. The van der Waals surface area contributed by atoms with Gasteiger partial charge in [0.05, 0.1) is 19.1 Å². The minimum absolute atomic E-state index is 0.0397. The summed E-state index contributed by atoms with van der Waals surface area (Å²) in [5, 5.41) is 4.12. The van der Waals surface area contributed by atoms with Crippen molar-refractivity contribution in [1.29, 1.82) is 0 Å². The molecule has 7 heteroatoms. The van der Waals surface area contributed by atoms with Crippen LogP contribution in [0.2, 0.25) is 0 Å². The molecule has 2 heterocycles. The number of aromatic nitrogens is 2. The number of carbonyl (C=O) groups is 1. The molecule has 156 valence electrons. The zero-order valence-corrected chi connectivity index (χ0v) is 17.6. The Bertz CT molecular complexity index is 1040. The predicted molar refractivity (Wildman–Crippen MR) is 113 cm³/mol. The Morgan fingerprint density at radius 1 is 1.13 bits per heavy atom. The Morgan fingerprint density at radius 3 is 2.60 bits per heavy atom. The molecule has 0 spiro atoms. The molecule has 1 aliphatic heterocycles. The monoisotopic (exact) mass is 407 g/mol. The number of hydrogen-bond acceptors (Lipinski definition) is 6. The van der Waals surface area contributed by atoms with E-state index in [-0.39, 0.29) is 17.9 Å². The van der Waals surface area contributed by atoms with E-state index < -0.39 is 0 Å². The second kappa shape index (κ2) is 8.18. The van der Waals surface area contributed by atoms with E-state index in [1.54, 1.807) is 12.0 Å². The Morgan fingerprint density at radius 2 is 1.90 bits per heavy atom. The molecule has 0 bridgehead atoms. The van der Waals surface area contributed by atoms with Gasteiger partial charge in [-0.25, -0.2) is 0 Å². The molecule has 1 unspecified atom stereocenters. The smallest absolute Gasteiger partial charge is 0.232 e. The first-order chi connectivity index (χ1) is 14.4. The molecule has 0 N–H and O–H groups in total. The lowest BCUT2D eigenvalue weighted by atomic mass is 10.1. The van der Waals surface area contributed by atoms with Crippen molar-refractivity contribution in [2.24, 2.45) is 0 Å². The molecule has 1 amide bonds. The van der Waals surface area contributed by atoms with Gasteiger partial charge in [0, 0.05) is 24.2 Å². The summed E-state index contributed by atoms with van der Waals surface area (Å²) in [6.07, 6.45) is 0.387. The van der Waals surface area contributed by atoms with Crippen molar-refractivity contribution in [3.05, 3.63) is 53.9 Å². The third kappa shape index (κ3) is 4.01. The van der Waals surface area contributed by atoms with E-state index in [1.807, 2.05) is 63.2 Å². The number of hydrogen-bond donors (Lipinski definition) is 0. The molecular formula is C23H25N3O4. The van der Waals surface area contributed by atoms with Gasteiger partial charge in [0.25, 0.3) is 0 Å². The summed E-state index contributed by atoms with van der Waals surface area (Å²) in [6.45, 7) is 6.46. The Kier molecular flexibility index (Phi) is 5.44. The Balaban J connectivity index is 1.53. The number of aryl methyl sites for hydroxylation is 1. The molecule has 30 heavy (non-hydrogen) atoms. The molecule has 0 radical (unpaired) electrons. The first kappa shape index (κ1) is 19.9. The van der Waals surface area contributed by atoms with Gasteiger partial charge in [0.1, 0.15) is 0 Å². The van der Waals surface area contributed by atoms with Crippen LogP contribution in [0.3, 0.4) is 0 Å². The maximum absolute atomic E-state index is 12.5. The van der Waals surface area contributed by atoms with Gasteiger partial charge >= 0.3 is 0 Å². The number of nitrogens with zero attached hydrogens (tertiary/aromatic N) is 3. The number of carbonyl (C=O) groups excluding carboxylic acids is 1. The lowest BCUT2D eigenvalue weighted by molar-refractivity contribution is -0.117. The second-order valence-electron chi connectivity index (χ2n) is 7.73. The minimum Gasteiger partial charge on any atom is -0.493 e. The highest BCUT2D eigenvalue weighted by Gasteiger charge is 2.35. The molecule has 1 aromatic heterocycles. The fourth-order valence-electron chi connectivity index (χ4n) is 3.52. The van der Waals surface area contributed by atoms with Crippen molar-refractivity contribution in [3.63, 3.8) is 0 Å². The zero-order valence-electron chi connectivity index (χ0n) is 17.6. The van der Waals surface area contributed by atoms with Crippen LogP contribution in [0, 0.1) is 6.92 Å². The van der Waals surface area contributed by atoms with Gasteiger partial charge in [-0.15, -0.1) is 0 Å². The molecule has 2 aromatic carbocycles. The highest BCUT2D eigenvalue weighted by atomic mass is 16.5. The van der Waals surface area contributed by atoms with Gasteiger partial charge in [0.2, 0.25) is 17.6 Å². The van der Waals surface area contributed by atoms with Crippen LogP contribution in [-0.4, -0.2) is 35.8 Å². The average molecular weight is 407 g/mol. The van der Waals surface area contributed by atoms with E-state index in [0.29, 0.717) is 36.2 Å². The van der Waals surface area contributed by atoms with Gasteiger partial charge in [-0.05, 0) is 51.1 Å². The molecule has 1 saturated heterocycles. The van der Waals surface area contributed by atoms with Crippen LogP contribution in [0.25, 0.3) is 11.4 Å². The van der Waals surface area contributed by atoms with Crippen LogP contribution in [-0.2, 0) is 4.79 Å². The van der Waals surface area contributed by atoms with Gasteiger partial charge in [-0.3, -0.25) is 4.79 Å². The highest BCUT2D eigenvalue weighted by molar-refractivity contribution is 5.96. The topological polar surface area (TPSA) is 77.7 Å². The van der Waals surface area contributed by atoms with Crippen molar-refractivity contribution in [3.8, 4) is 22.9 Å². The van der Waals surface area contributed by atoms with E-state index in [9.17, 15) is 4.79 Å². The molecular weight excluding hydrogens is 382 g/mol. The number of ether oxygens (including phenoxy) is 2. The molecule has 1 aliphatic rings. The average Bonchev–Trinajstić information content (AvgIpc) is 3.35. The van der Waals surface area contributed by atoms with Gasteiger partial charge in [-0.1, -0.05) is 22.9 Å². The van der Waals surface area contributed by atoms with Crippen LogP contribution in [0.15, 0.2) is 47.0 Å². The lowest BCUT2D eigenvalue weighted by Gasteiger charge is -2.16. The summed E-state index contributed by atoms with van der Waals surface area (Å²) in [6, 6.07) is 13.5. The van der Waals surface area contributed by atoms with Crippen molar-refractivity contribution < 1.29 is 18.8 Å². The molecule has 3 aromatic rings. The van der Waals surface area contributed by atoms with E-state index in [0.717, 1.165) is 16.8 Å². The summed E-state index contributed by atoms with van der Waals surface area (Å²) in [4.78, 5) is 18.9. The number of rotatable bonds is 6. The van der Waals surface area contributed by atoms with Crippen molar-refractivity contribution in [2.45, 2.75) is 39.2 Å². The number of methoxy groups -OCH3 is 1. The van der Waals surface area contributed by atoms with Gasteiger partial charge in [0.15, 0.2) is 11.5 Å². The van der Waals surface area contributed by atoms with Crippen LogP contribution in [0.4, 0.5) is 5.69 Å². The van der Waals surface area contributed by atoms with Crippen LogP contribution < -0.4 is 14.4 Å². The first-order valence-electron chi connectivity index (χ1n) is 10.0. The minimum atomic E-state index is -0.134. The van der Waals surface area contributed by atoms with E-state index in [2.05, 4.69) is 10.1 Å². The van der Waals surface area contributed by atoms with Crippen LogP contribution >= 0.6 is 0 Å². The fourth-order valence-corrected chi connectivity index (χ4v) is 3.52. The molecule has 1 fully saturated rings. The Labute approximate surface area is 175 Å². The van der Waals surface area contributed by atoms with Crippen molar-refractivity contribution in [2.75, 3.05) is 18.6 Å². The van der Waals surface area contributed by atoms with E-state index in [1.165, 1.54) is 0 Å². The van der Waals surface area contributed by atoms with E-state index >= 15 is 0 Å². The van der Waals surface area contributed by atoms with Crippen LogP contribution in [0.5, 0.6) is 11.5 Å². The number of anilines is 1. The maximum Gasteiger partial charge on any atom is 0.232 e. The van der Waals surface area contributed by atoms with Gasteiger partial charge < -0.3 is 18.9 Å². The number of benzene rings is 2. The summed E-state index contributed by atoms with van der Waals surface area (Å²) < 4.78 is 16.7. The maximum atomic E-state index is 12.5. The molecule has 0 aliphatic carbocycles. The van der Waals surface area contributed by atoms with Gasteiger partial charge in [-0.2, -0.15) is 4.98 Å². The summed E-state index contributed by atoms with van der Waals surface area (Å²) >= 11 is 0. The highest BCUT2D eigenvalue weighted by Crippen LogP contribution is 2.35. The predicted octanol–water partition coefficient (Wildman–Crippen LogP) is 4.36.